The van der Waals surface area contributed by atoms with E-state index < -0.39 is 0 Å². The number of hydrogen-bond donors (Lipinski definition) is 1. The largest absolute Gasteiger partial charge is 0.443 e. The van der Waals surface area contributed by atoms with E-state index in [-0.39, 0.29) is 0 Å². The Kier molecular flexibility index (Phi) is 7.86. The molecular weight excluding hydrogens is 209 g/mol. The maximum absolute atomic E-state index is 7.00. The lowest BCUT2D eigenvalue weighted by Gasteiger charge is -1.92. The minimum atomic E-state index is 0.794. The summed E-state index contributed by atoms with van der Waals surface area (Å²) >= 11 is 1.21. The van der Waals surface area contributed by atoms with Crippen molar-refractivity contribution in [2.24, 2.45) is 0 Å². The van der Waals surface area contributed by atoms with Gasteiger partial charge in [-0.3, -0.25) is 0 Å². The van der Waals surface area contributed by atoms with E-state index in [1.54, 1.807) is 0 Å². The molecule has 5 heteroatoms. The van der Waals surface area contributed by atoms with Gasteiger partial charge in [-0.2, -0.15) is 11.6 Å². The first-order valence-corrected chi connectivity index (χ1v) is 5.43. The first-order chi connectivity index (χ1) is 7.40. The zero-order chi connectivity index (χ0) is 11.7. The van der Waals surface area contributed by atoms with Crippen LogP contribution >= 0.6 is 11.6 Å². The molecule has 0 spiro atoms. The molecule has 2 aromatic rings. The zero-order valence-electron chi connectivity index (χ0n) is 9.10. The molecule has 0 aliphatic carbocycles. The van der Waals surface area contributed by atoms with Crippen molar-refractivity contribution >= 4 is 29.8 Å². The summed E-state index contributed by atoms with van der Waals surface area (Å²) in [5, 5.41) is 7.00. The standard InChI is InChI=1S/C7H4BNOS.C2H6.CH4O/c8-11-5-1-2-7-6(3-5)9-4-10-7;2*1-2/h1-4H;1-2H3;2H,1H3. The highest BCUT2D eigenvalue weighted by molar-refractivity contribution is 8.19. The topological polar surface area (TPSA) is 46.3 Å². The number of hydrogen-bond acceptors (Lipinski definition) is 4. The van der Waals surface area contributed by atoms with Gasteiger partial charge < -0.3 is 9.52 Å². The molecule has 3 nitrogen and oxygen atoms in total. The third kappa shape index (κ3) is 3.97. The molecule has 1 heterocycles. The van der Waals surface area contributed by atoms with Crippen LogP contribution in [0, 0.1) is 0 Å². The second kappa shape index (κ2) is 8.38. The predicted molar refractivity (Wildman–Crippen MR) is 65.1 cm³/mol. The van der Waals surface area contributed by atoms with Gasteiger partial charge in [0.15, 0.2) is 19.1 Å². The fraction of sp³-hybridized carbons (Fsp3) is 0.300. The Labute approximate surface area is 95.2 Å². The summed E-state index contributed by atoms with van der Waals surface area (Å²) in [7, 11) is 6.37. The van der Waals surface area contributed by atoms with Crippen molar-refractivity contribution < 1.29 is 9.52 Å². The fourth-order valence-electron chi connectivity index (χ4n) is 0.911. The van der Waals surface area contributed by atoms with E-state index in [1.807, 2.05) is 32.0 Å². The molecule has 80 valence electrons. The zero-order valence-corrected chi connectivity index (χ0v) is 9.91. The lowest BCUT2D eigenvalue weighted by Crippen LogP contribution is -1.70. The number of aromatic nitrogens is 1. The second-order valence-corrected chi connectivity index (χ2v) is 2.81. The molecule has 1 N–H and O–H groups in total. The van der Waals surface area contributed by atoms with Gasteiger partial charge in [-0.25, -0.2) is 4.98 Å². The molecule has 2 radical (unpaired) electrons. The monoisotopic (exact) mass is 223 g/mol. The van der Waals surface area contributed by atoms with Crippen LogP contribution in [0.4, 0.5) is 0 Å². The summed E-state index contributed by atoms with van der Waals surface area (Å²) in [6.45, 7) is 4.00. The maximum Gasteiger partial charge on any atom is 0.181 e. The molecule has 0 saturated heterocycles. The molecule has 0 amide bonds. The second-order valence-electron chi connectivity index (χ2n) is 2.10. The summed E-state index contributed by atoms with van der Waals surface area (Å²) in [6.07, 6.45) is 1.43. The Balaban J connectivity index is 0.000000442. The highest BCUT2D eigenvalue weighted by Gasteiger charge is 1.97. The smallest absolute Gasteiger partial charge is 0.181 e. The lowest BCUT2D eigenvalue weighted by atomic mass is 10.3. The van der Waals surface area contributed by atoms with Crippen molar-refractivity contribution in [1.82, 2.24) is 4.98 Å². The van der Waals surface area contributed by atoms with Crippen molar-refractivity contribution in [2.45, 2.75) is 18.7 Å². The van der Waals surface area contributed by atoms with Gasteiger partial charge >= 0.3 is 0 Å². The van der Waals surface area contributed by atoms with Gasteiger partial charge in [0.1, 0.15) is 5.52 Å². The molecule has 2 rings (SSSR count). The van der Waals surface area contributed by atoms with E-state index in [0.717, 1.165) is 23.1 Å². The summed E-state index contributed by atoms with van der Waals surface area (Å²) < 4.78 is 5.06. The van der Waals surface area contributed by atoms with Crippen LogP contribution in [0.25, 0.3) is 11.1 Å². The Hall–Kier alpha value is -0.935. The Morgan fingerprint density at radius 3 is 2.60 bits per heavy atom. The van der Waals surface area contributed by atoms with Gasteiger partial charge in [0.2, 0.25) is 0 Å². The number of nitrogens with zero attached hydrogens (tertiary/aromatic N) is 1. The van der Waals surface area contributed by atoms with E-state index in [2.05, 4.69) is 4.98 Å². The SMILES string of the molecule is CC.CO.[B]Sc1ccc2ocnc2c1. The quantitative estimate of drug-likeness (QED) is 0.755. The molecule has 0 bridgehead atoms. The van der Waals surface area contributed by atoms with Crippen LogP contribution < -0.4 is 0 Å². The minimum Gasteiger partial charge on any atom is -0.443 e. The van der Waals surface area contributed by atoms with Crippen LogP contribution in [-0.2, 0) is 0 Å². The average molecular weight is 223 g/mol. The minimum absolute atomic E-state index is 0.794. The highest BCUT2D eigenvalue weighted by Crippen LogP contribution is 2.19. The van der Waals surface area contributed by atoms with E-state index in [0.29, 0.717) is 0 Å². The van der Waals surface area contributed by atoms with Crippen molar-refractivity contribution in [2.75, 3.05) is 7.11 Å². The van der Waals surface area contributed by atoms with Crippen molar-refractivity contribution in [3.8, 4) is 0 Å². The molecule has 0 aliphatic heterocycles. The van der Waals surface area contributed by atoms with Crippen LogP contribution in [0.15, 0.2) is 33.9 Å². The van der Waals surface area contributed by atoms with Gasteiger partial charge in [-0.05, 0) is 23.1 Å². The van der Waals surface area contributed by atoms with E-state index in [9.17, 15) is 0 Å². The number of aliphatic hydroxyl groups excluding tert-OH is 1. The van der Waals surface area contributed by atoms with E-state index in [1.165, 1.54) is 18.0 Å². The summed E-state index contributed by atoms with van der Waals surface area (Å²) in [5.74, 6) is 0. The molecule has 15 heavy (non-hydrogen) atoms. The predicted octanol–water partition coefficient (Wildman–Crippen LogP) is 2.64. The van der Waals surface area contributed by atoms with Crippen molar-refractivity contribution in [3.05, 3.63) is 24.6 Å². The fourth-order valence-corrected chi connectivity index (χ4v) is 1.24. The van der Waals surface area contributed by atoms with Crippen LogP contribution in [0.3, 0.4) is 0 Å². The number of fused-ring (bicyclic) bond motifs is 1. The van der Waals surface area contributed by atoms with Crippen LogP contribution in [-0.4, -0.2) is 24.3 Å². The van der Waals surface area contributed by atoms with Crippen LogP contribution in [0.2, 0.25) is 0 Å². The van der Waals surface area contributed by atoms with Gasteiger partial charge in [-0.15, -0.1) is 0 Å². The molecule has 0 aliphatic rings. The van der Waals surface area contributed by atoms with Crippen molar-refractivity contribution in [1.29, 1.82) is 0 Å². The summed E-state index contributed by atoms with van der Waals surface area (Å²) in [5.41, 5.74) is 1.64. The summed E-state index contributed by atoms with van der Waals surface area (Å²) in [4.78, 5) is 4.98. The molecule has 0 fully saturated rings. The van der Waals surface area contributed by atoms with Gasteiger partial charge in [0.05, 0.1) is 0 Å². The Morgan fingerprint density at radius 1 is 1.33 bits per heavy atom. The van der Waals surface area contributed by atoms with Crippen molar-refractivity contribution in [3.63, 3.8) is 0 Å². The molecule has 0 saturated carbocycles. The molecule has 0 unspecified atom stereocenters. The normalized spacial score (nSPS) is 8.53. The number of rotatable bonds is 1. The third-order valence-corrected chi connectivity index (χ3v) is 1.96. The Bertz CT molecular complexity index is 378. The number of aliphatic hydroxyl groups is 1. The molecular formula is C10H14BNO2S. The van der Waals surface area contributed by atoms with Crippen LogP contribution in [0.5, 0.6) is 0 Å². The van der Waals surface area contributed by atoms with Gasteiger partial charge in [-0.1, -0.05) is 13.8 Å². The highest BCUT2D eigenvalue weighted by atomic mass is 32.2. The van der Waals surface area contributed by atoms with Crippen LogP contribution in [0.1, 0.15) is 13.8 Å². The van der Waals surface area contributed by atoms with E-state index in [4.69, 9.17) is 16.6 Å². The lowest BCUT2D eigenvalue weighted by molar-refractivity contribution is 0.399. The summed E-state index contributed by atoms with van der Waals surface area (Å²) in [6, 6.07) is 5.65. The number of oxazole rings is 1. The van der Waals surface area contributed by atoms with Gasteiger partial charge in [0, 0.05) is 7.11 Å². The van der Waals surface area contributed by atoms with Gasteiger partial charge in [0.25, 0.3) is 0 Å². The maximum atomic E-state index is 7.00. The third-order valence-electron chi connectivity index (χ3n) is 1.44. The number of benzene rings is 1. The first kappa shape index (κ1) is 14.1. The Morgan fingerprint density at radius 2 is 2.00 bits per heavy atom. The molecule has 0 atom stereocenters. The molecule has 1 aromatic carbocycles. The average Bonchev–Trinajstić information content (AvgIpc) is 2.81. The first-order valence-electron chi connectivity index (χ1n) is 4.55. The van der Waals surface area contributed by atoms with E-state index >= 15 is 0 Å². The molecule has 1 aromatic heterocycles.